The summed E-state index contributed by atoms with van der Waals surface area (Å²) in [7, 11) is 0. The second-order valence-corrected chi connectivity index (χ2v) is 6.71. The lowest BCUT2D eigenvalue weighted by Crippen LogP contribution is -2.15. The minimum absolute atomic E-state index is 0. The van der Waals surface area contributed by atoms with Crippen molar-refractivity contribution < 1.29 is 0 Å². The number of benzene rings is 2. The van der Waals surface area contributed by atoms with Gasteiger partial charge in [-0.2, -0.15) is 4.68 Å². The van der Waals surface area contributed by atoms with Crippen molar-refractivity contribution in [2.45, 2.75) is 18.1 Å². The molecule has 0 aliphatic carbocycles. The fourth-order valence-corrected chi connectivity index (χ4v) is 3.15. The maximum Gasteiger partial charge on any atom is 0.214 e. The molecule has 0 aliphatic rings. The predicted octanol–water partition coefficient (Wildman–Crippen LogP) is 4.01. The topological polar surface area (TPSA) is 55.6 Å². The van der Waals surface area contributed by atoms with Gasteiger partial charge in [0, 0.05) is 17.3 Å². The minimum atomic E-state index is 0. The largest absolute Gasteiger partial charge is 0.313 e. The third-order valence-corrected chi connectivity index (χ3v) is 4.67. The molecule has 0 saturated heterocycles. The average molecular weight is 396 g/mol. The van der Waals surface area contributed by atoms with E-state index < -0.39 is 0 Å². The van der Waals surface area contributed by atoms with Crippen molar-refractivity contribution in [3.05, 3.63) is 65.2 Å². The summed E-state index contributed by atoms with van der Waals surface area (Å²) in [5, 5.41) is 17.0. The van der Waals surface area contributed by atoms with Gasteiger partial charge in [0.05, 0.1) is 5.69 Å². The highest BCUT2D eigenvalue weighted by molar-refractivity contribution is 7.99. The zero-order valence-electron chi connectivity index (χ0n) is 13.5. The van der Waals surface area contributed by atoms with Crippen LogP contribution in [0.5, 0.6) is 0 Å². The molecule has 0 saturated carbocycles. The Bertz CT molecular complexity index is 749. The third kappa shape index (κ3) is 6.01. The monoisotopic (exact) mass is 395 g/mol. The zero-order valence-corrected chi connectivity index (χ0v) is 15.9. The minimum Gasteiger partial charge on any atom is -0.313 e. The van der Waals surface area contributed by atoms with E-state index in [9.17, 15) is 0 Å². The highest BCUT2D eigenvalue weighted by atomic mass is 35.5. The third-order valence-electron chi connectivity index (χ3n) is 3.41. The van der Waals surface area contributed by atoms with E-state index in [0.29, 0.717) is 0 Å². The second kappa shape index (κ2) is 10.4. The number of nitrogens with zero attached hydrogens (tertiary/aromatic N) is 4. The Balaban J connectivity index is 0.00000225. The molecule has 0 radical (unpaired) electrons. The SMILES string of the molecule is Cl.Clc1ccc(CNCCCSc2nnnn2-c2ccccc2)cc1. The Morgan fingerprint density at radius 1 is 1.04 bits per heavy atom. The van der Waals surface area contributed by atoms with Crippen LogP contribution in [0.25, 0.3) is 5.69 Å². The molecule has 0 amide bonds. The molecular weight excluding hydrogens is 377 g/mol. The first kappa shape index (κ1) is 19.7. The summed E-state index contributed by atoms with van der Waals surface area (Å²) in [6.07, 6.45) is 1.04. The van der Waals surface area contributed by atoms with Crippen molar-refractivity contribution in [1.29, 1.82) is 0 Å². The zero-order chi connectivity index (χ0) is 16.6. The number of tetrazole rings is 1. The standard InChI is InChI=1S/C17H18ClN5S.ClH/c18-15-9-7-14(8-10-15)13-19-11-4-12-24-17-20-21-22-23(17)16-5-2-1-3-6-16;/h1-3,5-10,19H,4,11-13H2;1H. The number of rotatable bonds is 8. The highest BCUT2D eigenvalue weighted by Crippen LogP contribution is 2.18. The van der Waals surface area contributed by atoms with Gasteiger partial charge in [0.25, 0.3) is 0 Å². The van der Waals surface area contributed by atoms with Crippen molar-refractivity contribution in [1.82, 2.24) is 25.5 Å². The molecule has 0 spiro atoms. The molecule has 1 aromatic heterocycles. The van der Waals surface area contributed by atoms with Crippen LogP contribution in [0.1, 0.15) is 12.0 Å². The van der Waals surface area contributed by atoms with Crippen LogP contribution >= 0.6 is 35.8 Å². The summed E-state index contributed by atoms with van der Waals surface area (Å²) in [5.41, 5.74) is 2.21. The lowest BCUT2D eigenvalue weighted by Gasteiger charge is -2.06. The van der Waals surface area contributed by atoms with Gasteiger partial charge < -0.3 is 5.32 Å². The van der Waals surface area contributed by atoms with Crippen molar-refractivity contribution in [3.8, 4) is 5.69 Å². The van der Waals surface area contributed by atoms with Crippen LogP contribution < -0.4 is 5.32 Å². The van der Waals surface area contributed by atoms with E-state index in [4.69, 9.17) is 11.6 Å². The van der Waals surface area contributed by atoms with Gasteiger partial charge in [-0.05, 0) is 53.2 Å². The van der Waals surface area contributed by atoms with Crippen LogP contribution in [-0.4, -0.2) is 32.5 Å². The lowest BCUT2D eigenvalue weighted by molar-refractivity contribution is 0.678. The highest BCUT2D eigenvalue weighted by Gasteiger charge is 2.07. The molecule has 3 aromatic rings. The molecular formula is C17H19Cl2N5S. The first-order valence-electron chi connectivity index (χ1n) is 7.75. The van der Waals surface area contributed by atoms with Crippen molar-refractivity contribution in [2.75, 3.05) is 12.3 Å². The van der Waals surface area contributed by atoms with E-state index in [1.54, 1.807) is 16.4 Å². The van der Waals surface area contributed by atoms with E-state index in [2.05, 4.69) is 20.8 Å². The van der Waals surface area contributed by atoms with Gasteiger partial charge in [0.15, 0.2) is 0 Å². The number of hydrogen-bond acceptors (Lipinski definition) is 5. The van der Waals surface area contributed by atoms with Gasteiger partial charge in [-0.15, -0.1) is 17.5 Å². The summed E-state index contributed by atoms with van der Waals surface area (Å²) >= 11 is 7.54. The van der Waals surface area contributed by atoms with Gasteiger partial charge in [-0.25, -0.2) is 0 Å². The lowest BCUT2D eigenvalue weighted by atomic mass is 10.2. The number of para-hydroxylation sites is 1. The summed E-state index contributed by atoms with van der Waals surface area (Å²) in [6.45, 7) is 1.80. The van der Waals surface area contributed by atoms with Gasteiger partial charge >= 0.3 is 0 Å². The maximum absolute atomic E-state index is 5.88. The van der Waals surface area contributed by atoms with Crippen LogP contribution in [0.4, 0.5) is 0 Å². The quantitative estimate of drug-likeness (QED) is 0.461. The summed E-state index contributed by atoms with van der Waals surface area (Å²) in [5.74, 6) is 0.959. The Morgan fingerprint density at radius 2 is 1.80 bits per heavy atom. The molecule has 25 heavy (non-hydrogen) atoms. The number of aromatic nitrogens is 4. The van der Waals surface area contributed by atoms with Crippen LogP contribution in [0.3, 0.4) is 0 Å². The smallest absolute Gasteiger partial charge is 0.214 e. The molecule has 2 aromatic carbocycles. The van der Waals surface area contributed by atoms with E-state index in [1.165, 1.54) is 5.56 Å². The Hall–Kier alpha value is -1.60. The van der Waals surface area contributed by atoms with Gasteiger partial charge in [0.2, 0.25) is 5.16 Å². The van der Waals surface area contributed by atoms with E-state index in [-0.39, 0.29) is 12.4 Å². The molecule has 0 aliphatic heterocycles. The molecule has 1 N–H and O–H groups in total. The fraction of sp³-hybridized carbons (Fsp3) is 0.235. The molecule has 3 rings (SSSR count). The van der Waals surface area contributed by atoms with Gasteiger partial charge in [-0.3, -0.25) is 0 Å². The normalized spacial score (nSPS) is 10.4. The second-order valence-electron chi connectivity index (χ2n) is 5.21. The Morgan fingerprint density at radius 3 is 2.56 bits per heavy atom. The molecule has 8 heteroatoms. The molecule has 0 fully saturated rings. The number of hydrogen-bond donors (Lipinski definition) is 1. The van der Waals surface area contributed by atoms with Crippen LogP contribution in [0, 0.1) is 0 Å². The molecule has 5 nitrogen and oxygen atoms in total. The summed E-state index contributed by atoms with van der Waals surface area (Å²) < 4.78 is 1.77. The number of nitrogens with one attached hydrogen (secondary N) is 1. The molecule has 0 atom stereocenters. The Labute approximate surface area is 162 Å². The first-order chi connectivity index (χ1) is 11.8. The molecule has 1 heterocycles. The molecule has 0 unspecified atom stereocenters. The first-order valence-corrected chi connectivity index (χ1v) is 9.11. The van der Waals surface area contributed by atoms with Crippen LogP contribution in [0.2, 0.25) is 5.02 Å². The average Bonchev–Trinajstić information content (AvgIpc) is 3.09. The number of thioether (sulfide) groups is 1. The van der Waals surface area contributed by atoms with E-state index in [0.717, 1.165) is 41.1 Å². The number of halogens is 2. The van der Waals surface area contributed by atoms with Crippen molar-refractivity contribution in [2.24, 2.45) is 0 Å². The molecule has 132 valence electrons. The summed E-state index contributed by atoms with van der Waals surface area (Å²) in [4.78, 5) is 0. The van der Waals surface area contributed by atoms with Gasteiger partial charge in [-0.1, -0.05) is 53.7 Å². The van der Waals surface area contributed by atoms with Crippen molar-refractivity contribution >= 4 is 35.8 Å². The fourth-order valence-electron chi connectivity index (χ4n) is 2.20. The molecule has 0 bridgehead atoms. The van der Waals surface area contributed by atoms with Crippen LogP contribution in [-0.2, 0) is 6.54 Å². The van der Waals surface area contributed by atoms with E-state index >= 15 is 0 Å². The predicted molar refractivity (Wildman–Crippen MR) is 105 cm³/mol. The van der Waals surface area contributed by atoms with Gasteiger partial charge in [0.1, 0.15) is 0 Å². The van der Waals surface area contributed by atoms with Crippen molar-refractivity contribution in [3.63, 3.8) is 0 Å². The summed E-state index contributed by atoms with van der Waals surface area (Å²) in [6, 6.07) is 17.8. The Kier molecular flexibility index (Phi) is 8.21. The van der Waals surface area contributed by atoms with E-state index in [1.807, 2.05) is 54.6 Å². The maximum atomic E-state index is 5.88. The van der Waals surface area contributed by atoms with Crippen LogP contribution in [0.15, 0.2) is 59.8 Å².